The van der Waals surface area contributed by atoms with E-state index in [2.05, 4.69) is 104 Å². The molecular formula is C25H23Br. The fourth-order valence-corrected chi connectivity index (χ4v) is 6.10. The van der Waals surface area contributed by atoms with Gasteiger partial charge in [0.15, 0.2) is 0 Å². The van der Waals surface area contributed by atoms with Gasteiger partial charge in [0.05, 0.1) is 5.41 Å². The lowest BCUT2D eigenvalue weighted by atomic mass is 9.64. The Morgan fingerprint density at radius 2 is 1.50 bits per heavy atom. The summed E-state index contributed by atoms with van der Waals surface area (Å²) in [7, 11) is 0. The van der Waals surface area contributed by atoms with Gasteiger partial charge in [-0.05, 0) is 69.3 Å². The van der Waals surface area contributed by atoms with Crippen LogP contribution in [0, 0.1) is 12.8 Å². The minimum absolute atomic E-state index is 0.0696. The van der Waals surface area contributed by atoms with Crippen LogP contribution in [0.25, 0.3) is 11.1 Å². The van der Waals surface area contributed by atoms with Gasteiger partial charge in [-0.1, -0.05) is 85.2 Å². The monoisotopic (exact) mass is 402 g/mol. The quantitative estimate of drug-likeness (QED) is 0.379. The van der Waals surface area contributed by atoms with E-state index in [9.17, 15) is 0 Å². The first-order chi connectivity index (χ1) is 12.4. The summed E-state index contributed by atoms with van der Waals surface area (Å²) in [6.07, 6.45) is 0. The van der Waals surface area contributed by atoms with Gasteiger partial charge in [-0.25, -0.2) is 0 Å². The van der Waals surface area contributed by atoms with E-state index in [0.717, 1.165) is 4.47 Å². The molecule has 3 aromatic rings. The van der Waals surface area contributed by atoms with Gasteiger partial charge in [-0.2, -0.15) is 0 Å². The Bertz CT molecular complexity index is 1060. The highest BCUT2D eigenvalue weighted by molar-refractivity contribution is 9.10. The molecule has 0 aliphatic heterocycles. The predicted octanol–water partition coefficient (Wildman–Crippen LogP) is 7.00. The molecule has 0 aromatic heterocycles. The summed E-state index contributed by atoms with van der Waals surface area (Å²) in [4.78, 5) is 0. The van der Waals surface area contributed by atoms with Crippen molar-refractivity contribution in [3.05, 3.63) is 93.0 Å². The van der Waals surface area contributed by atoms with E-state index in [0.29, 0.717) is 5.92 Å². The molecule has 0 radical (unpaired) electrons. The van der Waals surface area contributed by atoms with Gasteiger partial charge in [0, 0.05) is 4.47 Å². The van der Waals surface area contributed by atoms with Gasteiger partial charge in [0.1, 0.15) is 0 Å². The highest BCUT2D eigenvalue weighted by Gasteiger charge is 2.59. The van der Waals surface area contributed by atoms with E-state index in [1.807, 2.05) is 0 Å². The van der Waals surface area contributed by atoms with Gasteiger partial charge >= 0.3 is 0 Å². The molecule has 0 fully saturated rings. The van der Waals surface area contributed by atoms with Crippen molar-refractivity contribution >= 4 is 15.9 Å². The van der Waals surface area contributed by atoms with Gasteiger partial charge < -0.3 is 0 Å². The Morgan fingerprint density at radius 1 is 0.808 bits per heavy atom. The van der Waals surface area contributed by atoms with Crippen molar-refractivity contribution in [2.24, 2.45) is 5.92 Å². The van der Waals surface area contributed by atoms with Crippen LogP contribution in [-0.2, 0) is 10.8 Å². The minimum Gasteiger partial charge on any atom is -0.0619 e. The topological polar surface area (TPSA) is 0 Å². The van der Waals surface area contributed by atoms with Gasteiger partial charge in [0.2, 0.25) is 0 Å². The molecule has 0 saturated heterocycles. The zero-order valence-corrected chi connectivity index (χ0v) is 17.3. The highest BCUT2D eigenvalue weighted by Crippen LogP contribution is 2.66. The van der Waals surface area contributed by atoms with Crippen LogP contribution in [0.5, 0.6) is 0 Å². The summed E-state index contributed by atoms with van der Waals surface area (Å²) < 4.78 is 1.16. The number of fused-ring (bicyclic) bond motifs is 7. The van der Waals surface area contributed by atoms with E-state index in [4.69, 9.17) is 0 Å². The predicted molar refractivity (Wildman–Crippen MR) is 113 cm³/mol. The number of halogens is 1. The van der Waals surface area contributed by atoms with Crippen LogP contribution >= 0.6 is 15.9 Å². The maximum Gasteiger partial charge on any atom is 0.0503 e. The maximum absolute atomic E-state index is 3.75. The first-order valence-corrected chi connectivity index (χ1v) is 10.2. The second-order valence-electron chi connectivity index (χ2n) is 8.48. The Hall–Kier alpha value is -1.86. The first-order valence-electron chi connectivity index (χ1n) is 9.40. The third-order valence-corrected chi connectivity index (χ3v) is 7.64. The molecule has 0 bridgehead atoms. The molecule has 0 amide bonds. The van der Waals surface area contributed by atoms with Crippen LogP contribution in [0.2, 0.25) is 0 Å². The average molecular weight is 403 g/mol. The molecule has 26 heavy (non-hydrogen) atoms. The minimum atomic E-state index is -0.0696. The number of hydrogen-bond donors (Lipinski definition) is 0. The van der Waals surface area contributed by atoms with E-state index >= 15 is 0 Å². The second-order valence-corrected chi connectivity index (χ2v) is 9.40. The van der Waals surface area contributed by atoms with E-state index in [1.54, 1.807) is 0 Å². The third-order valence-electron chi connectivity index (χ3n) is 7.14. The van der Waals surface area contributed by atoms with Crippen LogP contribution in [0.4, 0.5) is 0 Å². The van der Waals surface area contributed by atoms with Gasteiger partial charge in [0.25, 0.3) is 0 Å². The van der Waals surface area contributed by atoms with Crippen molar-refractivity contribution in [2.45, 2.75) is 38.5 Å². The average Bonchev–Trinajstić information content (AvgIpc) is 3.00. The zero-order chi connectivity index (χ0) is 18.3. The van der Waals surface area contributed by atoms with Crippen molar-refractivity contribution < 1.29 is 0 Å². The summed E-state index contributed by atoms with van der Waals surface area (Å²) in [5.74, 6) is 0.475. The van der Waals surface area contributed by atoms with Gasteiger partial charge in [-0.15, -0.1) is 0 Å². The van der Waals surface area contributed by atoms with Crippen molar-refractivity contribution in [2.75, 3.05) is 0 Å². The fraction of sp³-hybridized carbons (Fsp3) is 0.280. The lowest BCUT2D eigenvalue weighted by molar-refractivity contribution is 0.302. The zero-order valence-electron chi connectivity index (χ0n) is 15.7. The Labute approximate surface area is 164 Å². The van der Waals surface area contributed by atoms with Crippen LogP contribution < -0.4 is 0 Å². The van der Waals surface area contributed by atoms with Gasteiger partial charge in [-0.3, -0.25) is 0 Å². The van der Waals surface area contributed by atoms with Crippen molar-refractivity contribution in [3.8, 4) is 11.1 Å². The summed E-state index contributed by atoms with van der Waals surface area (Å²) in [5.41, 5.74) is 10.2. The number of hydrogen-bond acceptors (Lipinski definition) is 0. The van der Waals surface area contributed by atoms with Crippen LogP contribution in [-0.4, -0.2) is 0 Å². The lowest BCUT2D eigenvalue weighted by Gasteiger charge is -2.38. The van der Waals surface area contributed by atoms with Crippen molar-refractivity contribution in [1.82, 2.24) is 0 Å². The molecule has 1 heteroatoms. The molecule has 3 aromatic carbocycles. The molecule has 0 nitrogen and oxygen atoms in total. The third kappa shape index (κ3) is 1.71. The first kappa shape index (κ1) is 16.3. The molecule has 0 heterocycles. The molecule has 130 valence electrons. The largest absolute Gasteiger partial charge is 0.0619 e. The van der Waals surface area contributed by atoms with Crippen LogP contribution in [0.1, 0.15) is 48.6 Å². The van der Waals surface area contributed by atoms with E-state index in [-0.39, 0.29) is 10.8 Å². The smallest absolute Gasteiger partial charge is 0.0503 e. The molecular weight excluding hydrogens is 380 g/mol. The molecule has 2 atom stereocenters. The molecule has 5 rings (SSSR count). The van der Waals surface area contributed by atoms with E-state index < -0.39 is 0 Å². The molecule has 1 spiro atoms. The van der Waals surface area contributed by atoms with Crippen LogP contribution in [0.15, 0.2) is 65.1 Å². The summed E-state index contributed by atoms with van der Waals surface area (Å²) in [6.45, 7) is 9.58. The van der Waals surface area contributed by atoms with Crippen molar-refractivity contribution in [3.63, 3.8) is 0 Å². The molecule has 2 aliphatic rings. The SMILES string of the molecule is Cc1cccc2c1[C@@]1(c3ccccc3-c3ccc(Br)cc31)[C@H](C)C2(C)C. The van der Waals surface area contributed by atoms with Crippen LogP contribution in [0.3, 0.4) is 0 Å². The number of rotatable bonds is 0. The van der Waals surface area contributed by atoms with E-state index in [1.165, 1.54) is 38.9 Å². The maximum atomic E-state index is 3.75. The fourth-order valence-electron chi connectivity index (χ4n) is 5.74. The molecule has 0 saturated carbocycles. The number of aryl methyl sites for hydroxylation is 1. The number of benzene rings is 3. The molecule has 0 N–H and O–H groups in total. The summed E-state index contributed by atoms with van der Waals surface area (Å²) >= 11 is 3.75. The van der Waals surface area contributed by atoms with Crippen molar-refractivity contribution in [1.29, 1.82) is 0 Å². The Kier molecular flexibility index (Phi) is 3.20. The Morgan fingerprint density at radius 3 is 2.31 bits per heavy atom. The second kappa shape index (κ2) is 5.10. The summed E-state index contributed by atoms with van der Waals surface area (Å²) in [5, 5.41) is 0. The molecule has 0 unspecified atom stereocenters. The molecule has 2 aliphatic carbocycles. The highest BCUT2D eigenvalue weighted by atomic mass is 79.9. The Balaban J connectivity index is 2.02. The summed E-state index contributed by atoms with van der Waals surface area (Å²) in [6, 6.07) is 22.7. The normalized spacial score (nSPS) is 24.4. The lowest BCUT2D eigenvalue weighted by Crippen LogP contribution is -2.37. The standard InChI is InChI=1S/C25H23Br/c1-15-8-7-11-21-23(15)25(16(2)24(21,3)4)20-10-6-5-9-18(20)19-13-12-17(26)14-22(19)25/h5-14,16H,1-4H3/t16-,25-/m1/s1.